The van der Waals surface area contributed by atoms with Crippen molar-refractivity contribution in [2.24, 2.45) is 5.92 Å². The Morgan fingerprint density at radius 1 is 1.17 bits per heavy atom. The van der Waals surface area contributed by atoms with Crippen molar-refractivity contribution < 1.29 is 22.1 Å². The van der Waals surface area contributed by atoms with Gasteiger partial charge in [-0.15, -0.1) is 0 Å². The highest BCUT2D eigenvalue weighted by atomic mass is 32.2. The van der Waals surface area contributed by atoms with Gasteiger partial charge in [0.15, 0.2) is 10.7 Å². The molecule has 2 saturated heterocycles. The van der Waals surface area contributed by atoms with Crippen LogP contribution >= 0.6 is 0 Å². The van der Waals surface area contributed by atoms with Gasteiger partial charge < -0.3 is 9.42 Å². The van der Waals surface area contributed by atoms with Crippen molar-refractivity contribution in [3.05, 3.63) is 47.1 Å². The molecular weight excluding hydrogens is 471 g/mol. The Labute approximate surface area is 206 Å². The van der Waals surface area contributed by atoms with Crippen molar-refractivity contribution in [1.29, 1.82) is 0 Å². The quantitative estimate of drug-likeness (QED) is 0.575. The summed E-state index contributed by atoms with van der Waals surface area (Å²) < 4.78 is 47.9. The second kappa shape index (κ2) is 11.0. The number of amides is 1. The molecule has 1 unspecified atom stereocenters. The first-order valence-corrected chi connectivity index (χ1v) is 13.7. The maximum atomic E-state index is 14.0. The molecule has 2 aromatic rings. The molecule has 8 nitrogen and oxygen atoms in total. The normalized spacial score (nSPS) is 20.5. The van der Waals surface area contributed by atoms with E-state index in [0.29, 0.717) is 38.0 Å². The number of carbonyl (C=O) groups excluding carboxylic acids is 1. The number of aryl methyl sites for hydroxylation is 1. The van der Waals surface area contributed by atoms with E-state index < -0.39 is 15.8 Å². The van der Waals surface area contributed by atoms with Gasteiger partial charge >= 0.3 is 0 Å². The number of halogens is 1. The van der Waals surface area contributed by atoms with Gasteiger partial charge in [-0.05, 0) is 50.9 Å². The molecule has 1 atom stereocenters. The first kappa shape index (κ1) is 25.5. The monoisotopic (exact) mass is 504 g/mol. The second-order valence-corrected chi connectivity index (χ2v) is 11.1. The van der Waals surface area contributed by atoms with Gasteiger partial charge in [0.1, 0.15) is 11.5 Å². The second-order valence-electron chi connectivity index (χ2n) is 9.19. The minimum absolute atomic E-state index is 0.0303. The van der Waals surface area contributed by atoms with Crippen molar-refractivity contribution in [3.63, 3.8) is 0 Å². The molecule has 1 aromatic heterocycles. The molecule has 3 heterocycles. The highest BCUT2D eigenvalue weighted by Gasteiger charge is 2.38. The van der Waals surface area contributed by atoms with Crippen LogP contribution in [0.5, 0.6) is 0 Å². The van der Waals surface area contributed by atoms with E-state index in [9.17, 15) is 17.6 Å². The van der Waals surface area contributed by atoms with Crippen LogP contribution < -0.4 is 0 Å². The summed E-state index contributed by atoms with van der Waals surface area (Å²) in [6.07, 6.45) is 5.25. The number of piperidine rings is 1. The highest BCUT2D eigenvalue weighted by molar-refractivity contribution is 7.89. The fourth-order valence-corrected chi connectivity index (χ4v) is 6.61. The summed E-state index contributed by atoms with van der Waals surface area (Å²) in [6.45, 7) is 8.28. The molecule has 0 bridgehead atoms. The first-order valence-electron chi connectivity index (χ1n) is 12.2. The molecular formula is C25H33FN4O4S. The lowest BCUT2D eigenvalue weighted by Gasteiger charge is -2.38. The van der Waals surface area contributed by atoms with Crippen LogP contribution in [0.2, 0.25) is 0 Å². The SMILES string of the molecule is CCCN1CCN(C(=O)C2CCCN(S(=O)(=O)c3c(C)noc3C=Cc3ccccc3F)C2)CC1. The zero-order chi connectivity index (χ0) is 25.0. The summed E-state index contributed by atoms with van der Waals surface area (Å²) in [5.41, 5.74) is 0.547. The molecule has 2 aliphatic rings. The molecule has 190 valence electrons. The number of piperazine rings is 1. The van der Waals surface area contributed by atoms with Gasteiger partial charge in [-0.1, -0.05) is 30.3 Å². The maximum absolute atomic E-state index is 14.0. The molecule has 4 rings (SSSR count). The van der Waals surface area contributed by atoms with Gasteiger partial charge in [-0.2, -0.15) is 4.31 Å². The Kier molecular flexibility index (Phi) is 8.03. The number of hydrogen-bond donors (Lipinski definition) is 0. The third-order valence-corrected chi connectivity index (χ3v) is 8.73. The minimum atomic E-state index is -3.95. The molecule has 1 aromatic carbocycles. The molecule has 2 aliphatic heterocycles. The van der Waals surface area contributed by atoms with Crippen LogP contribution in [-0.2, 0) is 14.8 Å². The average molecular weight is 505 g/mol. The number of hydrogen-bond acceptors (Lipinski definition) is 6. The highest BCUT2D eigenvalue weighted by Crippen LogP contribution is 2.30. The topological polar surface area (TPSA) is 87.0 Å². The van der Waals surface area contributed by atoms with Crippen LogP contribution in [0.3, 0.4) is 0 Å². The summed E-state index contributed by atoms with van der Waals surface area (Å²) >= 11 is 0. The van der Waals surface area contributed by atoms with Gasteiger partial charge in [0.25, 0.3) is 0 Å². The summed E-state index contributed by atoms with van der Waals surface area (Å²) in [5, 5.41) is 3.86. The molecule has 10 heteroatoms. The smallest absolute Gasteiger partial charge is 0.248 e. The van der Waals surface area contributed by atoms with E-state index in [1.165, 1.54) is 22.5 Å². The summed E-state index contributed by atoms with van der Waals surface area (Å²) in [7, 11) is -3.95. The third-order valence-electron chi connectivity index (χ3n) is 6.71. The molecule has 0 radical (unpaired) electrons. The minimum Gasteiger partial charge on any atom is -0.355 e. The van der Waals surface area contributed by atoms with Gasteiger partial charge in [-0.25, -0.2) is 12.8 Å². The standard InChI is InChI=1S/C25H33FN4O4S/c1-3-12-28-14-16-29(17-15-28)25(31)21-8-6-13-30(18-21)35(32,33)24-19(2)27-34-23(24)11-10-20-7-4-5-9-22(20)26/h4-5,7,9-11,21H,3,6,8,12-18H2,1-2H3. The van der Waals surface area contributed by atoms with E-state index in [1.54, 1.807) is 25.1 Å². The number of aromatic nitrogens is 1. The molecule has 0 spiro atoms. The molecule has 0 N–H and O–H groups in total. The number of benzene rings is 1. The van der Waals surface area contributed by atoms with E-state index in [4.69, 9.17) is 4.52 Å². The Morgan fingerprint density at radius 2 is 1.91 bits per heavy atom. The van der Waals surface area contributed by atoms with Crippen LogP contribution in [0.4, 0.5) is 4.39 Å². The number of rotatable bonds is 7. The van der Waals surface area contributed by atoms with Crippen molar-refractivity contribution in [2.45, 2.75) is 38.0 Å². The summed E-state index contributed by atoms with van der Waals surface area (Å²) in [5.74, 6) is -0.708. The Morgan fingerprint density at radius 3 is 2.63 bits per heavy atom. The largest absolute Gasteiger partial charge is 0.355 e. The van der Waals surface area contributed by atoms with Crippen molar-refractivity contribution in [2.75, 3.05) is 45.8 Å². The predicted octanol–water partition coefficient (Wildman–Crippen LogP) is 3.25. The average Bonchev–Trinajstić information content (AvgIpc) is 3.25. The van der Waals surface area contributed by atoms with E-state index in [0.717, 1.165) is 26.1 Å². The zero-order valence-corrected chi connectivity index (χ0v) is 21.1. The maximum Gasteiger partial charge on any atom is 0.248 e. The Hall–Kier alpha value is -2.56. The number of nitrogens with zero attached hydrogens (tertiary/aromatic N) is 4. The van der Waals surface area contributed by atoms with Crippen LogP contribution in [0.25, 0.3) is 12.2 Å². The van der Waals surface area contributed by atoms with Crippen molar-refractivity contribution >= 4 is 28.1 Å². The van der Waals surface area contributed by atoms with Crippen molar-refractivity contribution in [3.8, 4) is 0 Å². The number of sulfonamides is 1. The van der Waals surface area contributed by atoms with Gasteiger partial charge in [0, 0.05) is 44.8 Å². The molecule has 2 fully saturated rings. The molecule has 0 saturated carbocycles. The van der Waals surface area contributed by atoms with E-state index in [-0.39, 0.29) is 34.7 Å². The molecule has 35 heavy (non-hydrogen) atoms. The predicted molar refractivity (Wildman–Crippen MR) is 131 cm³/mol. The Balaban J connectivity index is 1.49. The molecule has 0 aliphatic carbocycles. The van der Waals surface area contributed by atoms with Gasteiger partial charge in [-0.3, -0.25) is 9.69 Å². The lowest BCUT2D eigenvalue weighted by atomic mass is 9.98. The van der Waals surface area contributed by atoms with E-state index in [1.807, 2.05) is 4.90 Å². The number of carbonyl (C=O) groups is 1. The van der Waals surface area contributed by atoms with E-state index in [2.05, 4.69) is 17.0 Å². The fourth-order valence-electron chi connectivity index (χ4n) is 4.83. The van der Waals surface area contributed by atoms with Crippen molar-refractivity contribution in [1.82, 2.24) is 19.3 Å². The van der Waals surface area contributed by atoms with Crippen LogP contribution in [0.1, 0.15) is 43.2 Å². The third kappa shape index (κ3) is 5.65. The molecule has 1 amide bonds. The zero-order valence-electron chi connectivity index (χ0n) is 20.3. The van der Waals surface area contributed by atoms with Gasteiger partial charge in [0.05, 0.1) is 5.92 Å². The Bertz CT molecular complexity index is 1170. The summed E-state index contributed by atoms with van der Waals surface area (Å²) in [6, 6.07) is 6.20. The van der Waals surface area contributed by atoms with Crippen LogP contribution in [-0.4, -0.2) is 79.4 Å². The van der Waals surface area contributed by atoms with Crippen LogP contribution in [0, 0.1) is 18.7 Å². The van der Waals surface area contributed by atoms with E-state index >= 15 is 0 Å². The first-order chi connectivity index (χ1) is 16.8. The van der Waals surface area contributed by atoms with Crippen LogP contribution in [0.15, 0.2) is 33.7 Å². The fraction of sp³-hybridized carbons (Fsp3) is 0.520. The summed E-state index contributed by atoms with van der Waals surface area (Å²) in [4.78, 5) is 17.4. The lowest BCUT2D eigenvalue weighted by Crippen LogP contribution is -2.53. The van der Waals surface area contributed by atoms with Gasteiger partial charge in [0.2, 0.25) is 15.9 Å². The lowest BCUT2D eigenvalue weighted by molar-refractivity contribution is -0.138.